The van der Waals surface area contributed by atoms with Crippen molar-refractivity contribution in [2.75, 3.05) is 13.1 Å². The summed E-state index contributed by atoms with van der Waals surface area (Å²) in [6.07, 6.45) is 1.61. The summed E-state index contributed by atoms with van der Waals surface area (Å²) in [7, 11) is 0. The number of rotatable bonds is 3. The fraction of sp³-hybridized carbons (Fsp3) is 0.846. The van der Waals surface area contributed by atoms with Crippen LogP contribution in [0.2, 0.25) is 0 Å². The van der Waals surface area contributed by atoms with Crippen molar-refractivity contribution in [1.82, 2.24) is 10.2 Å². The largest absolute Gasteiger partial charge is 0.353 e. The Bertz CT molecular complexity index is 313. The molecule has 3 N–H and O–H groups in total. The van der Waals surface area contributed by atoms with Gasteiger partial charge >= 0.3 is 0 Å². The molecule has 0 radical (unpaired) electrons. The third-order valence-corrected chi connectivity index (χ3v) is 3.20. The minimum absolute atomic E-state index is 0.00707. The molecule has 5 heteroatoms. The highest BCUT2D eigenvalue weighted by Crippen LogP contribution is 2.14. The monoisotopic (exact) mass is 255 g/mol. The topological polar surface area (TPSA) is 75.4 Å². The van der Waals surface area contributed by atoms with Crippen molar-refractivity contribution in [2.45, 2.75) is 52.1 Å². The van der Waals surface area contributed by atoms with Crippen molar-refractivity contribution in [3.8, 4) is 0 Å². The average Bonchev–Trinajstić information content (AvgIpc) is 2.27. The van der Waals surface area contributed by atoms with Crippen LogP contribution in [0.4, 0.5) is 0 Å². The van der Waals surface area contributed by atoms with Crippen molar-refractivity contribution >= 4 is 11.8 Å². The lowest BCUT2D eigenvalue weighted by molar-refractivity contribution is -0.137. The zero-order valence-electron chi connectivity index (χ0n) is 11.8. The first-order valence-electron chi connectivity index (χ1n) is 6.60. The van der Waals surface area contributed by atoms with Gasteiger partial charge in [0.05, 0.1) is 5.54 Å². The first kappa shape index (κ1) is 15.0. The average molecular weight is 255 g/mol. The summed E-state index contributed by atoms with van der Waals surface area (Å²) >= 11 is 0. The van der Waals surface area contributed by atoms with Crippen molar-refractivity contribution in [2.24, 2.45) is 11.7 Å². The van der Waals surface area contributed by atoms with Gasteiger partial charge in [-0.05, 0) is 26.7 Å². The lowest BCUT2D eigenvalue weighted by Crippen LogP contribution is -2.55. The minimum Gasteiger partial charge on any atom is -0.353 e. The number of likely N-dealkylation sites (tertiary alicyclic amines) is 1. The summed E-state index contributed by atoms with van der Waals surface area (Å²) in [4.78, 5) is 25.3. The van der Waals surface area contributed by atoms with Crippen LogP contribution in [0.3, 0.4) is 0 Å². The molecule has 18 heavy (non-hydrogen) atoms. The van der Waals surface area contributed by atoms with Crippen LogP contribution in [0.15, 0.2) is 0 Å². The predicted octanol–water partition coefficient (Wildman–Crippen LogP) is 0.487. The number of amides is 2. The number of nitrogens with one attached hydrogen (secondary N) is 1. The lowest BCUT2D eigenvalue weighted by Gasteiger charge is -2.36. The van der Waals surface area contributed by atoms with E-state index >= 15 is 0 Å². The van der Waals surface area contributed by atoms with E-state index in [1.807, 2.05) is 13.8 Å². The smallest absolute Gasteiger partial charge is 0.242 e. The third-order valence-electron chi connectivity index (χ3n) is 3.20. The van der Waals surface area contributed by atoms with Crippen molar-refractivity contribution in [1.29, 1.82) is 0 Å². The molecular weight excluding hydrogens is 230 g/mol. The number of nitrogens with two attached hydrogens (primary N) is 1. The molecule has 5 nitrogen and oxygen atoms in total. The molecule has 0 unspecified atom stereocenters. The molecule has 0 spiro atoms. The number of carbonyl (C=O) groups excluding carboxylic acids is 2. The molecule has 104 valence electrons. The van der Waals surface area contributed by atoms with Gasteiger partial charge in [0.2, 0.25) is 11.8 Å². The first-order chi connectivity index (χ1) is 8.21. The predicted molar refractivity (Wildman–Crippen MR) is 70.8 cm³/mol. The number of hydrogen-bond acceptors (Lipinski definition) is 3. The van der Waals surface area contributed by atoms with E-state index in [1.54, 1.807) is 18.7 Å². The molecule has 0 saturated carbocycles. The molecule has 0 aromatic carbocycles. The molecule has 0 bridgehead atoms. The molecule has 0 atom stereocenters. The number of carbonyl (C=O) groups is 2. The molecule has 1 heterocycles. The van der Waals surface area contributed by atoms with Crippen molar-refractivity contribution in [3.63, 3.8) is 0 Å². The molecule has 2 amide bonds. The second-order valence-corrected chi connectivity index (χ2v) is 5.95. The third kappa shape index (κ3) is 3.98. The van der Waals surface area contributed by atoms with Gasteiger partial charge in [0.1, 0.15) is 0 Å². The van der Waals surface area contributed by atoms with Gasteiger partial charge in [0.15, 0.2) is 0 Å². The lowest BCUT2D eigenvalue weighted by atomic mass is 9.99. The van der Waals surface area contributed by atoms with Crippen LogP contribution >= 0.6 is 0 Å². The van der Waals surface area contributed by atoms with E-state index in [4.69, 9.17) is 5.73 Å². The van der Waals surface area contributed by atoms with Crippen LogP contribution in [0, 0.1) is 5.92 Å². The SMILES string of the molecule is CC(C)C(=O)NC1CCN(C(=O)C(C)(C)N)CC1. The van der Waals surface area contributed by atoms with Gasteiger partial charge in [0, 0.05) is 25.0 Å². The zero-order chi connectivity index (χ0) is 13.9. The summed E-state index contributed by atoms with van der Waals surface area (Å²) < 4.78 is 0. The van der Waals surface area contributed by atoms with Gasteiger partial charge in [-0.15, -0.1) is 0 Å². The summed E-state index contributed by atoms with van der Waals surface area (Å²) in [5, 5.41) is 3.01. The van der Waals surface area contributed by atoms with Crippen LogP contribution in [0.25, 0.3) is 0 Å². The molecule has 1 rings (SSSR count). The summed E-state index contributed by atoms with van der Waals surface area (Å²) in [5.74, 6) is 0.0719. The van der Waals surface area contributed by atoms with Gasteiger partial charge < -0.3 is 16.0 Å². The summed E-state index contributed by atoms with van der Waals surface area (Å²) in [5.41, 5.74) is 4.99. The van der Waals surface area contributed by atoms with Crippen LogP contribution in [-0.4, -0.2) is 41.4 Å². The maximum atomic E-state index is 12.0. The van der Waals surface area contributed by atoms with Gasteiger partial charge in [-0.3, -0.25) is 9.59 Å². The van der Waals surface area contributed by atoms with Gasteiger partial charge in [-0.2, -0.15) is 0 Å². The second-order valence-electron chi connectivity index (χ2n) is 5.95. The van der Waals surface area contributed by atoms with E-state index in [1.165, 1.54) is 0 Å². The Balaban J connectivity index is 2.42. The minimum atomic E-state index is -0.811. The number of piperidine rings is 1. The molecule has 1 fully saturated rings. The molecule has 1 aliphatic rings. The van der Waals surface area contributed by atoms with Crippen LogP contribution < -0.4 is 11.1 Å². The quantitative estimate of drug-likeness (QED) is 0.770. The van der Waals surface area contributed by atoms with E-state index in [0.29, 0.717) is 13.1 Å². The summed E-state index contributed by atoms with van der Waals surface area (Å²) in [6, 6.07) is 0.185. The summed E-state index contributed by atoms with van der Waals surface area (Å²) in [6.45, 7) is 8.55. The highest BCUT2D eigenvalue weighted by molar-refractivity contribution is 5.85. The normalized spacial score (nSPS) is 18.0. The van der Waals surface area contributed by atoms with Gasteiger partial charge in [-0.25, -0.2) is 0 Å². The Morgan fingerprint density at radius 3 is 2.17 bits per heavy atom. The Morgan fingerprint density at radius 1 is 1.28 bits per heavy atom. The molecule has 1 saturated heterocycles. The van der Waals surface area contributed by atoms with Gasteiger partial charge in [0.25, 0.3) is 0 Å². The maximum absolute atomic E-state index is 12.0. The van der Waals surface area contributed by atoms with Crippen molar-refractivity contribution < 1.29 is 9.59 Å². The standard InChI is InChI=1S/C13H25N3O2/c1-9(2)11(17)15-10-5-7-16(8-6-10)12(18)13(3,4)14/h9-10H,5-8,14H2,1-4H3,(H,15,17). The highest BCUT2D eigenvalue weighted by atomic mass is 16.2. The zero-order valence-corrected chi connectivity index (χ0v) is 11.8. The molecule has 1 aliphatic heterocycles. The van der Waals surface area contributed by atoms with Crippen LogP contribution in [-0.2, 0) is 9.59 Å². The fourth-order valence-corrected chi connectivity index (χ4v) is 2.00. The molecular formula is C13H25N3O2. The van der Waals surface area contributed by atoms with Gasteiger partial charge in [-0.1, -0.05) is 13.8 Å². The Hall–Kier alpha value is -1.10. The Kier molecular flexibility index (Phi) is 4.73. The Morgan fingerprint density at radius 2 is 1.78 bits per heavy atom. The van der Waals surface area contributed by atoms with Crippen LogP contribution in [0.5, 0.6) is 0 Å². The van der Waals surface area contributed by atoms with E-state index in [9.17, 15) is 9.59 Å². The number of hydrogen-bond donors (Lipinski definition) is 2. The van der Waals surface area contributed by atoms with Crippen molar-refractivity contribution in [3.05, 3.63) is 0 Å². The van der Waals surface area contributed by atoms with Crippen LogP contribution in [0.1, 0.15) is 40.5 Å². The highest BCUT2D eigenvalue weighted by Gasteiger charge is 2.31. The van der Waals surface area contributed by atoms with E-state index in [-0.39, 0.29) is 23.8 Å². The Labute approximate surface area is 109 Å². The van der Waals surface area contributed by atoms with E-state index in [2.05, 4.69) is 5.32 Å². The van der Waals surface area contributed by atoms with E-state index in [0.717, 1.165) is 12.8 Å². The first-order valence-corrected chi connectivity index (χ1v) is 6.60. The second kappa shape index (κ2) is 5.69. The molecule has 0 aromatic rings. The number of nitrogens with zero attached hydrogens (tertiary/aromatic N) is 1. The molecule has 0 aromatic heterocycles. The fourth-order valence-electron chi connectivity index (χ4n) is 2.00. The maximum Gasteiger partial charge on any atom is 0.242 e. The van der Waals surface area contributed by atoms with E-state index < -0.39 is 5.54 Å². The molecule has 0 aliphatic carbocycles.